The van der Waals surface area contributed by atoms with Crippen molar-refractivity contribution < 1.29 is 9.21 Å². The van der Waals surface area contributed by atoms with E-state index in [1.54, 1.807) is 12.1 Å². The quantitative estimate of drug-likeness (QED) is 0.585. The molecule has 5 nitrogen and oxygen atoms in total. The van der Waals surface area contributed by atoms with Crippen LogP contribution in [0.5, 0.6) is 0 Å². The van der Waals surface area contributed by atoms with Crippen LogP contribution in [0.3, 0.4) is 0 Å². The predicted octanol–water partition coefficient (Wildman–Crippen LogP) is 5.21. The summed E-state index contributed by atoms with van der Waals surface area (Å²) in [5.74, 6) is 0.629. The molecule has 3 aromatic rings. The molecule has 0 aliphatic rings. The van der Waals surface area contributed by atoms with E-state index in [0.29, 0.717) is 11.5 Å². The molecular formula is C23H27N3O2. The molecule has 0 saturated heterocycles. The molecule has 3 rings (SSSR count). The van der Waals surface area contributed by atoms with Gasteiger partial charge in [0.05, 0.1) is 6.04 Å². The molecule has 0 radical (unpaired) electrons. The van der Waals surface area contributed by atoms with Crippen LogP contribution in [0, 0.1) is 5.92 Å². The Labute approximate surface area is 166 Å². The Morgan fingerprint density at radius 3 is 2.36 bits per heavy atom. The lowest BCUT2D eigenvalue weighted by Gasteiger charge is -2.23. The molecule has 2 aromatic carbocycles. The van der Waals surface area contributed by atoms with Crippen molar-refractivity contribution >= 4 is 5.91 Å². The first-order valence-corrected chi connectivity index (χ1v) is 9.84. The van der Waals surface area contributed by atoms with Gasteiger partial charge in [0.1, 0.15) is 0 Å². The van der Waals surface area contributed by atoms with Gasteiger partial charge in [-0.05, 0) is 54.2 Å². The summed E-state index contributed by atoms with van der Waals surface area (Å²) in [6, 6.07) is 15.8. The molecule has 0 aliphatic carbocycles. The second-order valence-corrected chi connectivity index (χ2v) is 7.36. The Hall–Kier alpha value is -2.95. The van der Waals surface area contributed by atoms with Crippen LogP contribution in [0.2, 0.25) is 0 Å². The summed E-state index contributed by atoms with van der Waals surface area (Å²) < 4.78 is 5.19. The number of hydrogen-bond acceptors (Lipinski definition) is 4. The Balaban J connectivity index is 1.70. The minimum atomic E-state index is -0.0918. The third kappa shape index (κ3) is 4.85. The Morgan fingerprint density at radius 1 is 1.07 bits per heavy atom. The zero-order valence-electron chi connectivity index (χ0n) is 16.7. The predicted molar refractivity (Wildman–Crippen MR) is 110 cm³/mol. The van der Waals surface area contributed by atoms with Gasteiger partial charge in [0.25, 0.3) is 5.91 Å². The van der Waals surface area contributed by atoms with Crippen LogP contribution < -0.4 is 5.32 Å². The summed E-state index contributed by atoms with van der Waals surface area (Å²) >= 11 is 0. The van der Waals surface area contributed by atoms with E-state index < -0.39 is 0 Å². The number of rotatable bonds is 8. The maximum Gasteiger partial charge on any atom is 0.251 e. The van der Waals surface area contributed by atoms with E-state index in [-0.39, 0.29) is 17.9 Å². The number of benzene rings is 2. The van der Waals surface area contributed by atoms with E-state index in [0.717, 1.165) is 17.5 Å². The Bertz CT molecular complexity index is 869. The van der Waals surface area contributed by atoms with E-state index >= 15 is 0 Å². The van der Waals surface area contributed by atoms with Gasteiger partial charge in [0.2, 0.25) is 12.3 Å². The molecule has 0 aliphatic heterocycles. The van der Waals surface area contributed by atoms with Gasteiger partial charge in [-0.15, -0.1) is 10.2 Å². The summed E-state index contributed by atoms with van der Waals surface area (Å²) in [4.78, 5) is 12.8. The van der Waals surface area contributed by atoms with Crippen LogP contribution in [-0.4, -0.2) is 16.1 Å². The van der Waals surface area contributed by atoms with E-state index in [1.165, 1.54) is 24.8 Å². The maximum atomic E-state index is 12.8. The molecule has 1 amide bonds. The number of aryl methyl sites for hydroxylation is 1. The highest BCUT2D eigenvalue weighted by atomic mass is 16.4. The highest BCUT2D eigenvalue weighted by molar-refractivity contribution is 5.94. The average Bonchev–Trinajstić information content (AvgIpc) is 3.25. The van der Waals surface area contributed by atoms with Crippen LogP contribution in [0.4, 0.5) is 0 Å². The van der Waals surface area contributed by atoms with Gasteiger partial charge in [-0.3, -0.25) is 4.79 Å². The van der Waals surface area contributed by atoms with E-state index in [9.17, 15) is 4.79 Å². The highest BCUT2D eigenvalue weighted by Crippen LogP contribution is 2.24. The van der Waals surface area contributed by atoms with Crippen LogP contribution in [-0.2, 0) is 6.42 Å². The molecule has 0 saturated carbocycles. The number of nitrogens with one attached hydrogen (secondary N) is 1. The SMILES string of the molecule is CCCCc1ccc([C@@H](NC(=O)c2ccc(-c3nnco3)cc2)C(C)C)cc1. The van der Waals surface area contributed by atoms with Crippen molar-refractivity contribution in [1.82, 2.24) is 15.5 Å². The first-order valence-electron chi connectivity index (χ1n) is 9.84. The summed E-state index contributed by atoms with van der Waals surface area (Å²) in [6.07, 6.45) is 4.78. The Kier molecular flexibility index (Phi) is 6.58. The van der Waals surface area contributed by atoms with Crippen molar-refractivity contribution in [2.75, 3.05) is 0 Å². The van der Waals surface area contributed by atoms with Gasteiger partial charge >= 0.3 is 0 Å². The highest BCUT2D eigenvalue weighted by Gasteiger charge is 2.19. The number of aromatic nitrogens is 2. The lowest BCUT2D eigenvalue weighted by molar-refractivity contribution is 0.0925. The molecule has 5 heteroatoms. The number of nitrogens with zero attached hydrogens (tertiary/aromatic N) is 2. The van der Waals surface area contributed by atoms with Crippen LogP contribution >= 0.6 is 0 Å². The largest absolute Gasteiger partial charge is 0.423 e. The van der Waals surface area contributed by atoms with Gasteiger partial charge in [0.15, 0.2) is 0 Å². The molecule has 0 spiro atoms. The van der Waals surface area contributed by atoms with Crippen molar-refractivity contribution in [3.05, 3.63) is 71.6 Å². The van der Waals surface area contributed by atoms with Crippen LogP contribution in [0.25, 0.3) is 11.5 Å². The summed E-state index contributed by atoms with van der Waals surface area (Å²) in [5.41, 5.74) is 3.87. The van der Waals surface area contributed by atoms with Gasteiger partial charge < -0.3 is 9.73 Å². The molecule has 28 heavy (non-hydrogen) atoms. The first-order chi connectivity index (χ1) is 13.6. The maximum absolute atomic E-state index is 12.8. The van der Waals surface area contributed by atoms with Crippen molar-refractivity contribution in [1.29, 1.82) is 0 Å². The van der Waals surface area contributed by atoms with Gasteiger partial charge in [0, 0.05) is 11.1 Å². The monoisotopic (exact) mass is 377 g/mol. The first kappa shape index (κ1) is 19.8. The second-order valence-electron chi connectivity index (χ2n) is 7.36. The number of unbranched alkanes of at least 4 members (excludes halogenated alkanes) is 1. The normalized spacial score (nSPS) is 12.1. The fourth-order valence-electron chi connectivity index (χ4n) is 3.20. The fraction of sp³-hybridized carbons (Fsp3) is 0.348. The number of amides is 1. The van der Waals surface area contributed by atoms with E-state index in [1.807, 2.05) is 12.1 Å². The zero-order valence-corrected chi connectivity index (χ0v) is 16.7. The number of carbonyl (C=O) groups excluding carboxylic acids is 1. The van der Waals surface area contributed by atoms with Crippen molar-refractivity contribution in [2.24, 2.45) is 5.92 Å². The van der Waals surface area contributed by atoms with Crippen molar-refractivity contribution in [3.8, 4) is 11.5 Å². The average molecular weight is 377 g/mol. The molecule has 1 atom stereocenters. The molecule has 0 unspecified atom stereocenters. The number of hydrogen-bond donors (Lipinski definition) is 1. The lowest BCUT2D eigenvalue weighted by atomic mass is 9.94. The summed E-state index contributed by atoms with van der Waals surface area (Å²) in [7, 11) is 0. The van der Waals surface area contributed by atoms with Gasteiger partial charge in [-0.1, -0.05) is 51.5 Å². The molecule has 0 fully saturated rings. The van der Waals surface area contributed by atoms with E-state index in [4.69, 9.17) is 4.42 Å². The third-order valence-corrected chi connectivity index (χ3v) is 4.87. The minimum Gasteiger partial charge on any atom is -0.423 e. The molecular weight excluding hydrogens is 350 g/mol. The smallest absolute Gasteiger partial charge is 0.251 e. The Morgan fingerprint density at radius 2 is 1.79 bits per heavy atom. The standard InChI is InChI=1S/C23H27N3O2/c1-4-5-6-17-7-9-18(10-8-17)21(16(2)3)25-22(27)19-11-13-20(14-12-19)23-26-24-15-28-23/h7-16,21H,4-6H2,1-3H3,(H,25,27)/t21-/m0/s1. The van der Waals surface area contributed by atoms with Crippen molar-refractivity contribution in [3.63, 3.8) is 0 Å². The second kappa shape index (κ2) is 9.31. The fourth-order valence-corrected chi connectivity index (χ4v) is 3.20. The van der Waals surface area contributed by atoms with Crippen LogP contribution in [0.15, 0.2) is 59.3 Å². The minimum absolute atomic E-state index is 0.0386. The number of carbonyl (C=O) groups is 1. The molecule has 1 heterocycles. The van der Waals surface area contributed by atoms with Crippen molar-refractivity contribution in [2.45, 2.75) is 46.1 Å². The third-order valence-electron chi connectivity index (χ3n) is 4.87. The molecule has 1 N–H and O–H groups in total. The topological polar surface area (TPSA) is 68.0 Å². The lowest BCUT2D eigenvalue weighted by Crippen LogP contribution is -2.31. The molecule has 0 bridgehead atoms. The van der Waals surface area contributed by atoms with E-state index in [2.05, 4.69) is 60.6 Å². The molecule has 146 valence electrons. The van der Waals surface area contributed by atoms with Gasteiger partial charge in [-0.25, -0.2) is 0 Å². The van der Waals surface area contributed by atoms with Crippen LogP contribution in [0.1, 0.15) is 61.1 Å². The van der Waals surface area contributed by atoms with Gasteiger partial charge in [-0.2, -0.15) is 0 Å². The summed E-state index contributed by atoms with van der Waals surface area (Å²) in [6.45, 7) is 6.44. The molecule has 1 aromatic heterocycles. The summed E-state index contributed by atoms with van der Waals surface area (Å²) in [5, 5.41) is 10.7. The zero-order chi connectivity index (χ0) is 19.9.